The van der Waals surface area contributed by atoms with Crippen molar-refractivity contribution in [1.82, 2.24) is 14.7 Å². The van der Waals surface area contributed by atoms with Crippen molar-refractivity contribution >= 4 is 0 Å². The number of aromatic nitrogens is 2. The molecule has 124 valence electrons. The smallest absolute Gasteiger partial charge is 0.0968 e. The van der Waals surface area contributed by atoms with Crippen LogP contribution in [-0.4, -0.2) is 41.0 Å². The van der Waals surface area contributed by atoms with Crippen LogP contribution < -0.4 is 0 Å². The van der Waals surface area contributed by atoms with Crippen LogP contribution in [0.5, 0.6) is 0 Å². The molecule has 0 aliphatic carbocycles. The van der Waals surface area contributed by atoms with Crippen molar-refractivity contribution in [3.8, 4) is 11.3 Å². The van der Waals surface area contributed by atoms with Crippen LogP contribution in [0.25, 0.3) is 11.3 Å². The minimum Gasteiger partial charge on any atom is -0.378 e. The van der Waals surface area contributed by atoms with Gasteiger partial charge in [-0.1, -0.05) is 30.3 Å². The monoisotopic (exact) mass is 313 g/mol. The molecule has 3 rings (SSSR count). The summed E-state index contributed by atoms with van der Waals surface area (Å²) in [5, 5.41) is 4.65. The average Bonchev–Trinajstić information content (AvgIpc) is 3.18. The maximum absolute atomic E-state index is 5.70. The topological polar surface area (TPSA) is 30.3 Å². The first-order chi connectivity index (χ1) is 11.2. The first-order valence-corrected chi connectivity index (χ1v) is 8.60. The molecule has 2 aromatic rings. The molecule has 1 aromatic carbocycles. The zero-order valence-electron chi connectivity index (χ0n) is 14.2. The quantitative estimate of drug-likeness (QED) is 0.784. The minimum absolute atomic E-state index is 0.502. The summed E-state index contributed by atoms with van der Waals surface area (Å²) < 4.78 is 7.62. The summed E-state index contributed by atoms with van der Waals surface area (Å²) in [5.41, 5.74) is 3.58. The molecule has 23 heavy (non-hydrogen) atoms. The summed E-state index contributed by atoms with van der Waals surface area (Å²) in [4.78, 5) is 2.39. The van der Waals surface area contributed by atoms with E-state index in [9.17, 15) is 0 Å². The van der Waals surface area contributed by atoms with E-state index in [0.29, 0.717) is 6.10 Å². The van der Waals surface area contributed by atoms with Crippen molar-refractivity contribution in [2.45, 2.75) is 38.3 Å². The predicted octanol–water partition coefficient (Wildman–Crippen LogP) is 3.48. The highest BCUT2D eigenvalue weighted by Crippen LogP contribution is 2.23. The van der Waals surface area contributed by atoms with E-state index in [1.807, 2.05) is 17.8 Å². The fraction of sp³-hybridized carbons (Fsp3) is 0.526. The van der Waals surface area contributed by atoms with E-state index in [1.165, 1.54) is 36.8 Å². The summed E-state index contributed by atoms with van der Waals surface area (Å²) in [6.07, 6.45) is 7.49. The molecule has 4 nitrogen and oxygen atoms in total. The van der Waals surface area contributed by atoms with Gasteiger partial charge in [-0.2, -0.15) is 5.10 Å². The lowest BCUT2D eigenvalue weighted by atomic mass is 10.1. The Morgan fingerprint density at radius 2 is 2.13 bits per heavy atom. The van der Waals surface area contributed by atoms with Crippen molar-refractivity contribution in [1.29, 1.82) is 0 Å². The van der Waals surface area contributed by atoms with Crippen molar-refractivity contribution in [3.63, 3.8) is 0 Å². The highest BCUT2D eigenvalue weighted by Gasteiger charge is 2.16. The molecule has 1 saturated heterocycles. The van der Waals surface area contributed by atoms with Crippen LogP contribution in [0, 0.1) is 0 Å². The van der Waals surface area contributed by atoms with Gasteiger partial charge in [0.25, 0.3) is 0 Å². The lowest BCUT2D eigenvalue weighted by molar-refractivity contribution is 0.0995. The fourth-order valence-electron chi connectivity index (χ4n) is 3.32. The molecule has 1 aliphatic heterocycles. The molecule has 1 aliphatic rings. The molecule has 2 heterocycles. The highest BCUT2D eigenvalue weighted by atomic mass is 16.5. The maximum Gasteiger partial charge on any atom is 0.0968 e. The van der Waals surface area contributed by atoms with Crippen LogP contribution in [0.2, 0.25) is 0 Å². The van der Waals surface area contributed by atoms with E-state index < -0.39 is 0 Å². The molecule has 0 amide bonds. The van der Waals surface area contributed by atoms with Crippen molar-refractivity contribution in [3.05, 3.63) is 42.1 Å². The van der Waals surface area contributed by atoms with E-state index >= 15 is 0 Å². The first-order valence-electron chi connectivity index (χ1n) is 8.60. The summed E-state index contributed by atoms with van der Waals surface area (Å²) in [6.45, 7) is 2.99. The second-order valence-electron chi connectivity index (χ2n) is 6.56. The van der Waals surface area contributed by atoms with Gasteiger partial charge in [-0.15, -0.1) is 0 Å². The Morgan fingerprint density at radius 3 is 2.87 bits per heavy atom. The third-order valence-electron chi connectivity index (χ3n) is 4.48. The van der Waals surface area contributed by atoms with Gasteiger partial charge in [-0.3, -0.25) is 4.68 Å². The lowest BCUT2D eigenvalue weighted by Gasteiger charge is -2.17. The van der Waals surface area contributed by atoms with Crippen LogP contribution in [0.3, 0.4) is 0 Å². The number of benzene rings is 1. The van der Waals surface area contributed by atoms with E-state index in [-0.39, 0.29) is 0 Å². The third-order valence-corrected chi connectivity index (χ3v) is 4.48. The molecule has 1 aromatic heterocycles. The zero-order chi connectivity index (χ0) is 16.1. The molecule has 0 spiro atoms. The molecule has 0 unspecified atom stereocenters. The number of ether oxygens (including phenoxy) is 1. The van der Waals surface area contributed by atoms with E-state index in [4.69, 9.17) is 4.74 Å². The standard InChI is InChI=1S/C19H27N3O/c1-21(12-6-10-18-11-7-13-23-18)14-17-15-22(2)20-19(17)16-8-4-3-5-9-16/h3-5,8-9,15,18H,6-7,10-14H2,1-2H3/t18-/m0/s1. The highest BCUT2D eigenvalue weighted by molar-refractivity contribution is 5.62. The van der Waals surface area contributed by atoms with Gasteiger partial charge in [0.05, 0.1) is 11.8 Å². The number of rotatable bonds is 7. The van der Waals surface area contributed by atoms with Gasteiger partial charge in [0.1, 0.15) is 0 Å². The minimum atomic E-state index is 0.502. The molecule has 1 fully saturated rings. The lowest BCUT2D eigenvalue weighted by Crippen LogP contribution is -2.20. The zero-order valence-corrected chi connectivity index (χ0v) is 14.2. The molecule has 0 saturated carbocycles. The molecule has 1 atom stereocenters. The van der Waals surface area contributed by atoms with Crippen molar-refractivity contribution in [2.75, 3.05) is 20.2 Å². The Kier molecular flexibility index (Phi) is 5.47. The SMILES string of the molecule is CN(CCC[C@H]1CCCO1)Cc1cn(C)nc1-c1ccccc1. The number of hydrogen-bond acceptors (Lipinski definition) is 3. The molecule has 4 heteroatoms. The van der Waals surface area contributed by atoms with Gasteiger partial charge in [0, 0.05) is 37.5 Å². The van der Waals surface area contributed by atoms with Crippen LogP contribution in [-0.2, 0) is 18.3 Å². The largest absolute Gasteiger partial charge is 0.378 e. The second kappa shape index (κ2) is 7.75. The van der Waals surface area contributed by atoms with Crippen molar-refractivity contribution in [2.24, 2.45) is 7.05 Å². The Labute approximate surface area is 139 Å². The summed E-state index contributed by atoms with van der Waals surface area (Å²) in [5.74, 6) is 0. The number of hydrogen-bond donors (Lipinski definition) is 0. The van der Waals surface area contributed by atoms with E-state index in [2.05, 4.69) is 47.5 Å². The van der Waals surface area contributed by atoms with E-state index in [0.717, 1.165) is 25.4 Å². The third kappa shape index (κ3) is 4.43. The van der Waals surface area contributed by atoms with Gasteiger partial charge in [-0.25, -0.2) is 0 Å². The number of aryl methyl sites for hydroxylation is 1. The van der Waals surface area contributed by atoms with Gasteiger partial charge in [-0.05, 0) is 39.3 Å². The Balaban J connectivity index is 1.56. The van der Waals surface area contributed by atoms with Crippen molar-refractivity contribution < 1.29 is 4.74 Å². The second-order valence-corrected chi connectivity index (χ2v) is 6.56. The summed E-state index contributed by atoms with van der Waals surface area (Å²) >= 11 is 0. The Hall–Kier alpha value is -1.65. The summed E-state index contributed by atoms with van der Waals surface area (Å²) in [6, 6.07) is 10.4. The Bertz CT molecular complexity index is 602. The van der Waals surface area contributed by atoms with Gasteiger partial charge >= 0.3 is 0 Å². The first kappa shape index (κ1) is 16.2. The average molecular weight is 313 g/mol. The number of nitrogens with zero attached hydrogens (tertiary/aromatic N) is 3. The van der Waals surface area contributed by atoms with Crippen LogP contribution in [0.1, 0.15) is 31.2 Å². The molecule has 0 N–H and O–H groups in total. The Morgan fingerprint density at radius 1 is 1.30 bits per heavy atom. The van der Waals surface area contributed by atoms with Crippen LogP contribution in [0.15, 0.2) is 36.5 Å². The van der Waals surface area contributed by atoms with Gasteiger partial charge < -0.3 is 9.64 Å². The molecular formula is C19H27N3O. The molecular weight excluding hydrogens is 286 g/mol. The fourth-order valence-corrected chi connectivity index (χ4v) is 3.32. The maximum atomic E-state index is 5.70. The normalized spacial score (nSPS) is 18.0. The van der Waals surface area contributed by atoms with Crippen LogP contribution in [0.4, 0.5) is 0 Å². The van der Waals surface area contributed by atoms with Crippen LogP contribution >= 0.6 is 0 Å². The molecule has 0 bridgehead atoms. The molecule has 0 radical (unpaired) electrons. The van der Waals surface area contributed by atoms with Gasteiger partial charge in [0.15, 0.2) is 0 Å². The van der Waals surface area contributed by atoms with E-state index in [1.54, 1.807) is 0 Å². The van der Waals surface area contributed by atoms with Gasteiger partial charge in [0.2, 0.25) is 0 Å². The predicted molar refractivity (Wildman–Crippen MR) is 93.2 cm³/mol. The summed E-state index contributed by atoms with van der Waals surface area (Å²) in [7, 11) is 4.19.